The van der Waals surface area contributed by atoms with Crippen LogP contribution in [-0.4, -0.2) is 42.5 Å². The molecule has 1 aromatic heterocycles. The fourth-order valence-electron chi connectivity index (χ4n) is 2.01. The molecular formula is C12H18BrN3OS. The summed E-state index contributed by atoms with van der Waals surface area (Å²) in [4.78, 5) is 14.6. The van der Waals surface area contributed by atoms with Crippen molar-refractivity contribution in [3.05, 3.63) is 15.9 Å². The molecule has 1 fully saturated rings. The monoisotopic (exact) mass is 331 g/mol. The van der Waals surface area contributed by atoms with Crippen molar-refractivity contribution >= 4 is 38.2 Å². The first kappa shape index (κ1) is 14.0. The second-order valence-electron chi connectivity index (χ2n) is 4.88. The van der Waals surface area contributed by atoms with Gasteiger partial charge < -0.3 is 10.6 Å². The highest BCUT2D eigenvalue weighted by Crippen LogP contribution is 2.26. The maximum atomic E-state index is 12.4. The third-order valence-corrected chi connectivity index (χ3v) is 4.87. The SMILES string of the molecule is CC(C)(C(=O)Nc1cc(Br)cs1)N1CCNCC1. The topological polar surface area (TPSA) is 44.4 Å². The van der Waals surface area contributed by atoms with E-state index in [1.54, 1.807) is 0 Å². The van der Waals surface area contributed by atoms with Crippen molar-refractivity contribution in [1.82, 2.24) is 10.2 Å². The molecule has 2 N–H and O–H groups in total. The number of nitrogens with zero attached hydrogens (tertiary/aromatic N) is 1. The molecule has 4 nitrogen and oxygen atoms in total. The van der Waals surface area contributed by atoms with Gasteiger partial charge in [0.1, 0.15) is 0 Å². The van der Waals surface area contributed by atoms with Gasteiger partial charge in [0, 0.05) is 36.0 Å². The number of carbonyl (C=O) groups is 1. The van der Waals surface area contributed by atoms with E-state index in [4.69, 9.17) is 0 Å². The van der Waals surface area contributed by atoms with E-state index in [0.29, 0.717) is 0 Å². The van der Waals surface area contributed by atoms with E-state index in [2.05, 4.69) is 31.5 Å². The molecule has 1 saturated heterocycles. The van der Waals surface area contributed by atoms with Gasteiger partial charge in [-0.05, 0) is 35.8 Å². The lowest BCUT2D eigenvalue weighted by Crippen LogP contribution is -2.58. The number of anilines is 1. The molecule has 0 atom stereocenters. The van der Waals surface area contributed by atoms with Crippen LogP contribution in [-0.2, 0) is 4.79 Å². The smallest absolute Gasteiger partial charge is 0.244 e. The highest BCUT2D eigenvalue weighted by Gasteiger charge is 2.35. The minimum atomic E-state index is -0.474. The molecule has 2 rings (SSSR count). The van der Waals surface area contributed by atoms with Crippen LogP contribution in [0, 0.1) is 0 Å². The van der Waals surface area contributed by atoms with Gasteiger partial charge in [0.25, 0.3) is 0 Å². The first-order valence-electron chi connectivity index (χ1n) is 6.01. The maximum Gasteiger partial charge on any atom is 0.244 e. The van der Waals surface area contributed by atoms with Crippen LogP contribution in [0.1, 0.15) is 13.8 Å². The van der Waals surface area contributed by atoms with Crippen molar-refractivity contribution in [2.45, 2.75) is 19.4 Å². The minimum absolute atomic E-state index is 0.0544. The van der Waals surface area contributed by atoms with Crippen LogP contribution in [0.15, 0.2) is 15.9 Å². The summed E-state index contributed by atoms with van der Waals surface area (Å²) in [5, 5.41) is 9.14. The van der Waals surface area contributed by atoms with Gasteiger partial charge in [0.2, 0.25) is 5.91 Å². The molecule has 18 heavy (non-hydrogen) atoms. The molecule has 0 aromatic carbocycles. The molecule has 6 heteroatoms. The van der Waals surface area contributed by atoms with Crippen molar-refractivity contribution in [3.8, 4) is 0 Å². The largest absolute Gasteiger partial charge is 0.316 e. The van der Waals surface area contributed by atoms with Crippen LogP contribution in [0.3, 0.4) is 0 Å². The van der Waals surface area contributed by atoms with Crippen LogP contribution in [0.5, 0.6) is 0 Å². The predicted octanol–water partition coefficient (Wildman–Crippen LogP) is 2.13. The molecule has 1 aliphatic rings. The fraction of sp³-hybridized carbons (Fsp3) is 0.583. The van der Waals surface area contributed by atoms with Crippen molar-refractivity contribution in [1.29, 1.82) is 0 Å². The van der Waals surface area contributed by atoms with Gasteiger partial charge in [-0.2, -0.15) is 0 Å². The Bertz CT molecular complexity index is 427. The van der Waals surface area contributed by atoms with Crippen molar-refractivity contribution in [3.63, 3.8) is 0 Å². The zero-order valence-electron chi connectivity index (χ0n) is 10.6. The number of hydrogen-bond donors (Lipinski definition) is 2. The minimum Gasteiger partial charge on any atom is -0.316 e. The molecule has 0 bridgehead atoms. The third-order valence-electron chi connectivity index (χ3n) is 3.27. The molecule has 0 saturated carbocycles. The van der Waals surface area contributed by atoms with Gasteiger partial charge in [-0.15, -0.1) is 11.3 Å². The van der Waals surface area contributed by atoms with Crippen molar-refractivity contribution < 1.29 is 4.79 Å². The Morgan fingerprint density at radius 2 is 2.17 bits per heavy atom. The van der Waals surface area contributed by atoms with E-state index in [9.17, 15) is 4.79 Å². The third kappa shape index (κ3) is 3.12. The van der Waals surface area contributed by atoms with Crippen molar-refractivity contribution in [2.24, 2.45) is 0 Å². The van der Waals surface area contributed by atoms with E-state index >= 15 is 0 Å². The summed E-state index contributed by atoms with van der Waals surface area (Å²) in [6, 6.07) is 1.93. The molecule has 1 aromatic rings. The van der Waals surface area contributed by atoms with Crippen LogP contribution in [0.2, 0.25) is 0 Å². The molecule has 100 valence electrons. The van der Waals surface area contributed by atoms with E-state index in [-0.39, 0.29) is 5.91 Å². The summed E-state index contributed by atoms with van der Waals surface area (Å²) < 4.78 is 1.00. The normalized spacial score (nSPS) is 17.7. The Kier molecular flexibility index (Phi) is 4.42. The van der Waals surface area contributed by atoms with Crippen LogP contribution in [0.4, 0.5) is 5.00 Å². The average molecular weight is 332 g/mol. The zero-order chi connectivity index (χ0) is 13.2. The number of piperazine rings is 1. The van der Waals surface area contributed by atoms with Gasteiger partial charge in [0.05, 0.1) is 10.5 Å². The fourth-order valence-corrected chi connectivity index (χ4v) is 3.33. The Balaban J connectivity index is 2.02. The highest BCUT2D eigenvalue weighted by molar-refractivity contribution is 9.10. The first-order chi connectivity index (χ1) is 8.50. The van der Waals surface area contributed by atoms with Gasteiger partial charge in [-0.25, -0.2) is 0 Å². The van der Waals surface area contributed by atoms with Gasteiger partial charge in [0.15, 0.2) is 0 Å². The number of nitrogens with one attached hydrogen (secondary N) is 2. The van der Waals surface area contributed by atoms with E-state index in [1.165, 1.54) is 11.3 Å². The van der Waals surface area contributed by atoms with Gasteiger partial charge in [-0.3, -0.25) is 9.69 Å². The summed E-state index contributed by atoms with van der Waals surface area (Å²) in [6.07, 6.45) is 0. The van der Waals surface area contributed by atoms with Crippen LogP contribution < -0.4 is 10.6 Å². The average Bonchev–Trinajstić information content (AvgIpc) is 2.76. The van der Waals surface area contributed by atoms with Crippen molar-refractivity contribution in [2.75, 3.05) is 31.5 Å². The zero-order valence-corrected chi connectivity index (χ0v) is 13.0. The highest BCUT2D eigenvalue weighted by atomic mass is 79.9. The van der Waals surface area contributed by atoms with E-state index in [1.807, 2.05) is 25.3 Å². The van der Waals surface area contributed by atoms with Crippen LogP contribution >= 0.6 is 27.3 Å². The van der Waals surface area contributed by atoms with Gasteiger partial charge in [-0.1, -0.05) is 0 Å². The van der Waals surface area contributed by atoms with Crippen LogP contribution in [0.25, 0.3) is 0 Å². The maximum absolute atomic E-state index is 12.4. The summed E-state index contributed by atoms with van der Waals surface area (Å²) in [5.41, 5.74) is -0.474. The lowest BCUT2D eigenvalue weighted by atomic mass is 10.0. The quantitative estimate of drug-likeness (QED) is 0.891. The summed E-state index contributed by atoms with van der Waals surface area (Å²) in [7, 11) is 0. The molecule has 1 amide bonds. The standard InChI is InChI=1S/C12H18BrN3OS/c1-12(2,16-5-3-14-4-6-16)11(17)15-10-7-9(13)8-18-10/h7-8,14H,3-6H2,1-2H3,(H,15,17). The second-order valence-corrected chi connectivity index (χ2v) is 6.71. The number of amides is 1. The summed E-state index contributed by atoms with van der Waals surface area (Å²) in [5.74, 6) is 0.0544. The first-order valence-corrected chi connectivity index (χ1v) is 7.68. The number of hydrogen-bond acceptors (Lipinski definition) is 4. The molecule has 1 aliphatic heterocycles. The Labute approximate surface area is 120 Å². The Morgan fingerprint density at radius 3 is 2.72 bits per heavy atom. The molecule has 0 spiro atoms. The second kappa shape index (κ2) is 5.69. The Morgan fingerprint density at radius 1 is 1.50 bits per heavy atom. The van der Waals surface area contributed by atoms with E-state index in [0.717, 1.165) is 35.7 Å². The lowest BCUT2D eigenvalue weighted by Gasteiger charge is -2.39. The van der Waals surface area contributed by atoms with E-state index < -0.39 is 5.54 Å². The number of halogens is 1. The Hall–Kier alpha value is -0.430. The molecule has 0 unspecified atom stereocenters. The molecule has 2 heterocycles. The van der Waals surface area contributed by atoms with Gasteiger partial charge >= 0.3 is 0 Å². The summed E-state index contributed by atoms with van der Waals surface area (Å²) >= 11 is 4.92. The molecule has 0 radical (unpaired) electrons. The summed E-state index contributed by atoms with van der Waals surface area (Å²) in [6.45, 7) is 7.68. The number of thiophene rings is 1. The molecule has 0 aliphatic carbocycles. The lowest BCUT2D eigenvalue weighted by molar-refractivity contribution is -0.126. The predicted molar refractivity (Wildman–Crippen MR) is 79.2 cm³/mol. The number of carbonyl (C=O) groups excluding carboxylic acids is 1. The molecular weight excluding hydrogens is 314 g/mol. The number of rotatable bonds is 3.